The number of nitrogens with one attached hydrogen (secondary N) is 2. The van der Waals surface area contributed by atoms with Crippen molar-refractivity contribution in [1.82, 2.24) is 15.5 Å². The maximum absolute atomic E-state index is 11.7. The molecule has 0 saturated carbocycles. The zero-order valence-corrected chi connectivity index (χ0v) is 12.6. The molecule has 0 aromatic carbocycles. The second kappa shape index (κ2) is 7.85. The van der Waals surface area contributed by atoms with Crippen molar-refractivity contribution in [3.8, 4) is 0 Å². The van der Waals surface area contributed by atoms with Crippen molar-refractivity contribution in [3.63, 3.8) is 0 Å². The summed E-state index contributed by atoms with van der Waals surface area (Å²) in [4.78, 5) is 13.0. The van der Waals surface area contributed by atoms with Gasteiger partial charge in [0.15, 0.2) is 0 Å². The topological polar surface area (TPSA) is 57.8 Å². The Morgan fingerprint density at radius 1 is 1.40 bits per heavy atom. The van der Waals surface area contributed by atoms with Crippen molar-refractivity contribution in [3.05, 3.63) is 39.8 Å². The number of carbonyl (C=O) groups is 1. The summed E-state index contributed by atoms with van der Waals surface area (Å²) >= 11 is 1.76. The van der Waals surface area contributed by atoms with Gasteiger partial charge in [-0.25, -0.2) is 0 Å². The average Bonchev–Trinajstić information content (AvgIpc) is 3.07. The molecule has 0 bridgehead atoms. The lowest BCUT2D eigenvalue weighted by Gasteiger charge is -2.04. The molecule has 108 valence electrons. The number of H-pyrrole nitrogens is 1. The minimum Gasteiger partial charge on any atom is -0.356 e. The van der Waals surface area contributed by atoms with Gasteiger partial charge in [0.25, 0.3) is 0 Å². The highest BCUT2D eigenvalue weighted by Gasteiger charge is 2.03. The molecule has 0 aliphatic rings. The lowest BCUT2D eigenvalue weighted by atomic mass is 10.1. The highest BCUT2D eigenvalue weighted by atomic mass is 32.1. The van der Waals surface area contributed by atoms with E-state index >= 15 is 0 Å². The summed E-state index contributed by atoms with van der Waals surface area (Å²) in [6, 6.07) is 4.17. The molecule has 0 aliphatic carbocycles. The molecule has 0 radical (unpaired) electrons. The van der Waals surface area contributed by atoms with Crippen LogP contribution in [0.3, 0.4) is 0 Å². The Bertz CT molecular complexity index is 519. The van der Waals surface area contributed by atoms with Crippen LogP contribution in [0, 0.1) is 6.92 Å². The van der Waals surface area contributed by atoms with Gasteiger partial charge in [-0.3, -0.25) is 9.89 Å². The predicted octanol–water partition coefficient (Wildman–Crippen LogP) is 2.85. The molecule has 0 fully saturated rings. The summed E-state index contributed by atoms with van der Waals surface area (Å²) in [5.74, 6) is 0.158. The van der Waals surface area contributed by atoms with Gasteiger partial charge in [-0.2, -0.15) is 5.10 Å². The highest BCUT2D eigenvalue weighted by Crippen LogP contribution is 2.11. The number of hydrogen-bond donors (Lipinski definition) is 2. The van der Waals surface area contributed by atoms with E-state index in [1.54, 1.807) is 11.3 Å². The van der Waals surface area contributed by atoms with E-state index in [0.717, 1.165) is 37.9 Å². The quantitative estimate of drug-likeness (QED) is 0.735. The van der Waals surface area contributed by atoms with Gasteiger partial charge in [0, 0.05) is 23.5 Å². The molecule has 2 aromatic heterocycles. The van der Waals surface area contributed by atoms with Gasteiger partial charge in [0.2, 0.25) is 5.91 Å². The summed E-state index contributed by atoms with van der Waals surface area (Å²) in [6.45, 7) is 2.76. The molecule has 2 heterocycles. The molecule has 0 unspecified atom stereocenters. The zero-order valence-electron chi connectivity index (χ0n) is 11.8. The fourth-order valence-corrected chi connectivity index (χ4v) is 2.85. The first-order valence-corrected chi connectivity index (χ1v) is 7.91. The van der Waals surface area contributed by atoms with Gasteiger partial charge < -0.3 is 5.32 Å². The van der Waals surface area contributed by atoms with Gasteiger partial charge in [-0.05, 0) is 49.6 Å². The second-order valence-electron chi connectivity index (χ2n) is 4.91. The maximum Gasteiger partial charge on any atom is 0.220 e. The van der Waals surface area contributed by atoms with Crippen molar-refractivity contribution < 1.29 is 4.79 Å². The molecule has 2 rings (SSSR count). The van der Waals surface area contributed by atoms with Crippen molar-refractivity contribution in [1.29, 1.82) is 0 Å². The molecule has 5 heteroatoms. The van der Waals surface area contributed by atoms with Crippen LogP contribution in [0.15, 0.2) is 23.7 Å². The Balaban J connectivity index is 1.53. The molecule has 0 atom stereocenters. The monoisotopic (exact) mass is 291 g/mol. The van der Waals surface area contributed by atoms with E-state index in [4.69, 9.17) is 0 Å². The molecule has 2 aromatic rings. The van der Waals surface area contributed by atoms with E-state index in [2.05, 4.69) is 33.0 Å². The lowest BCUT2D eigenvalue weighted by Crippen LogP contribution is -2.24. The normalized spacial score (nSPS) is 10.7. The number of aromatic nitrogens is 2. The fraction of sp³-hybridized carbons (Fsp3) is 0.467. The van der Waals surface area contributed by atoms with E-state index in [0.29, 0.717) is 6.42 Å². The van der Waals surface area contributed by atoms with Gasteiger partial charge in [0.1, 0.15) is 0 Å². The van der Waals surface area contributed by atoms with Crippen LogP contribution in [0.5, 0.6) is 0 Å². The number of amides is 1. The zero-order chi connectivity index (χ0) is 14.2. The Morgan fingerprint density at radius 3 is 3.00 bits per heavy atom. The molecule has 2 N–H and O–H groups in total. The summed E-state index contributed by atoms with van der Waals surface area (Å²) < 4.78 is 0. The van der Waals surface area contributed by atoms with E-state index in [-0.39, 0.29) is 5.91 Å². The van der Waals surface area contributed by atoms with Crippen LogP contribution >= 0.6 is 11.3 Å². The molecule has 0 saturated heterocycles. The largest absolute Gasteiger partial charge is 0.356 e. The number of aryl methyl sites for hydroxylation is 3. The molecule has 4 nitrogen and oxygen atoms in total. The number of rotatable bonds is 8. The summed E-state index contributed by atoms with van der Waals surface area (Å²) in [7, 11) is 0. The van der Waals surface area contributed by atoms with Crippen LogP contribution in [0.25, 0.3) is 0 Å². The van der Waals surface area contributed by atoms with Crippen molar-refractivity contribution in [2.45, 2.75) is 39.0 Å². The van der Waals surface area contributed by atoms with Gasteiger partial charge in [0.05, 0.1) is 6.20 Å². The fourth-order valence-electron chi connectivity index (χ4n) is 2.10. The first-order chi connectivity index (χ1) is 9.75. The Labute approximate surface area is 123 Å². The number of nitrogens with zero attached hydrogens (tertiary/aromatic N) is 1. The number of thiophene rings is 1. The highest BCUT2D eigenvalue weighted by molar-refractivity contribution is 7.09. The van der Waals surface area contributed by atoms with E-state index in [1.165, 1.54) is 10.4 Å². The lowest BCUT2D eigenvalue weighted by molar-refractivity contribution is -0.121. The minimum absolute atomic E-state index is 0.158. The third-order valence-corrected chi connectivity index (χ3v) is 4.22. The van der Waals surface area contributed by atoms with Crippen molar-refractivity contribution in [2.24, 2.45) is 0 Å². The van der Waals surface area contributed by atoms with Crippen molar-refractivity contribution in [2.75, 3.05) is 6.54 Å². The molecule has 1 amide bonds. The predicted molar refractivity (Wildman–Crippen MR) is 81.9 cm³/mol. The Kier molecular flexibility index (Phi) is 5.80. The third-order valence-electron chi connectivity index (χ3n) is 3.29. The summed E-state index contributed by atoms with van der Waals surface area (Å²) in [5, 5.41) is 12.0. The first kappa shape index (κ1) is 14.8. The Morgan fingerprint density at radius 2 is 2.30 bits per heavy atom. The SMILES string of the molecule is Cc1[nH]ncc1CCCNC(=O)CCCc1cccs1. The molecule has 0 aliphatic heterocycles. The standard InChI is InChI=1S/C15H21N3OS/c1-12-13(11-17-18-12)5-3-9-16-15(19)8-2-6-14-7-4-10-20-14/h4,7,10-11H,2-3,5-6,8-9H2,1H3,(H,16,19)(H,17,18). The van der Waals surface area contributed by atoms with Gasteiger partial charge in [-0.15, -0.1) is 11.3 Å². The van der Waals surface area contributed by atoms with Gasteiger partial charge >= 0.3 is 0 Å². The molecule has 0 spiro atoms. The van der Waals surface area contributed by atoms with Crippen molar-refractivity contribution >= 4 is 17.2 Å². The number of aromatic amines is 1. The number of hydrogen-bond acceptors (Lipinski definition) is 3. The maximum atomic E-state index is 11.7. The van der Waals surface area contributed by atoms with Crippen LogP contribution in [-0.2, 0) is 17.6 Å². The van der Waals surface area contributed by atoms with Gasteiger partial charge in [-0.1, -0.05) is 6.07 Å². The van der Waals surface area contributed by atoms with E-state index in [1.807, 2.05) is 13.1 Å². The van der Waals surface area contributed by atoms with Crippen LogP contribution < -0.4 is 5.32 Å². The summed E-state index contributed by atoms with van der Waals surface area (Å²) in [6.07, 6.45) is 6.31. The van der Waals surface area contributed by atoms with E-state index < -0.39 is 0 Å². The number of carbonyl (C=O) groups excluding carboxylic acids is 1. The summed E-state index contributed by atoms with van der Waals surface area (Å²) in [5.41, 5.74) is 2.35. The van der Waals surface area contributed by atoms with Crippen LogP contribution in [0.1, 0.15) is 35.4 Å². The average molecular weight is 291 g/mol. The smallest absolute Gasteiger partial charge is 0.220 e. The minimum atomic E-state index is 0.158. The first-order valence-electron chi connectivity index (χ1n) is 7.03. The van der Waals surface area contributed by atoms with E-state index in [9.17, 15) is 4.79 Å². The van der Waals surface area contributed by atoms with Crippen LogP contribution in [0.4, 0.5) is 0 Å². The third kappa shape index (κ3) is 4.81. The second-order valence-corrected chi connectivity index (χ2v) is 5.94. The molecule has 20 heavy (non-hydrogen) atoms. The molecular weight excluding hydrogens is 270 g/mol. The van der Waals surface area contributed by atoms with Crippen LogP contribution in [0.2, 0.25) is 0 Å². The Hall–Kier alpha value is -1.62. The van der Waals surface area contributed by atoms with Crippen LogP contribution in [-0.4, -0.2) is 22.6 Å². The molecular formula is C15H21N3OS.